The van der Waals surface area contributed by atoms with Gasteiger partial charge in [0, 0.05) is 13.5 Å². The minimum atomic E-state index is -0.187. The fourth-order valence-electron chi connectivity index (χ4n) is 1.67. The molecule has 2 N–H and O–H groups in total. The number of hydrogen-bond donors (Lipinski definition) is 2. The molecule has 0 saturated heterocycles. The lowest BCUT2D eigenvalue weighted by Crippen LogP contribution is -2.28. The van der Waals surface area contributed by atoms with Gasteiger partial charge in [-0.3, -0.25) is 9.59 Å². The van der Waals surface area contributed by atoms with Crippen LogP contribution in [0.25, 0.3) is 0 Å². The van der Waals surface area contributed by atoms with Gasteiger partial charge in [0.25, 0.3) is 5.91 Å². The van der Waals surface area contributed by atoms with Gasteiger partial charge in [0.15, 0.2) is 0 Å². The summed E-state index contributed by atoms with van der Waals surface area (Å²) in [6.07, 6.45) is 0.890. The molecule has 0 spiro atoms. The molecule has 0 aromatic heterocycles. The highest BCUT2D eigenvalue weighted by Crippen LogP contribution is 2.14. The van der Waals surface area contributed by atoms with E-state index in [0.717, 1.165) is 13.0 Å². The third-order valence-electron chi connectivity index (χ3n) is 2.55. The molecule has 0 aliphatic rings. The van der Waals surface area contributed by atoms with Crippen molar-refractivity contribution in [1.29, 1.82) is 0 Å². The summed E-state index contributed by atoms with van der Waals surface area (Å²) in [4.78, 5) is 25.2. The largest absolute Gasteiger partial charge is 0.352 e. The summed E-state index contributed by atoms with van der Waals surface area (Å²) in [5, 5.41) is 5.51. The van der Waals surface area contributed by atoms with Crippen molar-refractivity contribution in [1.82, 2.24) is 10.2 Å². The Hall–Kier alpha value is -1.88. The minimum Gasteiger partial charge on any atom is -0.352 e. The molecule has 5 heteroatoms. The minimum absolute atomic E-state index is 0.164. The Labute approximate surface area is 114 Å². The highest BCUT2D eigenvalue weighted by molar-refractivity contribution is 6.03. The van der Waals surface area contributed by atoms with Gasteiger partial charge in [-0.05, 0) is 39.2 Å². The van der Waals surface area contributed by atoms with Crippen LogP contribution in [0.1, 0.15) is 23.7 Å². The molecule has 0 aliphatic heterocycles. The number of carbonyl (C=O) groups excluding carboxylic acids is 2. The highest BCUT2D eigenvalue weighted by Gasteiger charge is 2.10. The molecule has 1 aromatic carbocycles. The third-order valence-corrected chi connectivity index (χ3v) is 2.55. The molecule has 0 saturated carbocycles. The van der Waals surface area contributed by atoms with Crippen LogP contribution >= 0.6 is 0 Å². The van der Waals surface area contributed by atoms with Crippen LogP contribution in [-0.4, -0.2) is 43.9 Å². The zero-order chi connectivity index (χ0) is 14.3. The Morgan fingerprint density at radius 3 is 2.53 bits per heavy atom. The fourth-order valence-corrected chi connectivity index (χ4v) is 1.67. The molecule has 5 nitrogen and oxygen atoms in total. The lowest BCUT2D eigenvalue weighted by atomic mass is 10.1. The SMILES string of the molecule is CC(=O)Nc1ccccc1C(=O)NCCCN(C)C. The van der Waals surface area contributed by atoms with Gasteiger partial charge in [-0.2, -0.15) is 0 Å². The number of rotatable bonds is 6. The first-order valence-electron chi connectivity index (χ1n) is 6.30. The monoisotopic (exact) mass is 263 g/mol. The van der Waals surface area contributed by atoms with Crippen LogP contribution in [0.5, 0.6) is 0 Å². The smallest absolute Gasteiger partial charge is 0.253 e. The summed E-state index contributed by atoms with van der Waals surface area (Å²) < 4.78 is 0. The van der Waals surface area contributed by atoms with Crippen molar-refractivity contribution in [3.8, 4) is 0 Å². The highest BCUT2D eigenvalue weighted by atomic mass is 16.2. The van der Waals surface area contributed by atoms with Crippen LogP contribution in [0.2, 0.25) is 0 Å². The van der Waals surface area contributed by atoms with Gasteiger partial charge in [0.05, 0.1) is 11.3 Å². The Kier molecular flexibility index (Phi) is 6.02. The maximum atomic E-state index is 12.0. The molecular formula is C14H21N3O2. The number of benzene rings is 1. The van der Waals surface area contributed by atoms with Gasteiger partial charge in [-0.25, -0.2) is 0 Å². The number of amides is 2. The van der Waals surface area contributed by atoms with Gasteiger partial charge in [-0.15, -0.1) is 0 Å². The first-order valence-corrected chi connectivity index (χ1v) is 6.30. The molecule has 0 fully saturated rings. The van der Waals surface area contributed by atoms with Crippen molar-refractivity contribution in [3.05, 3.63) is 29.8 Å². The summed E-state index contributed by atoms with van der Waals surface area (Å²) in [5.41, 5.74) is 1.03. The lowest BCUT2D eigenvalue weighted by molar-refractivity contribution is -0.114. The van der Waals surface area contributed by atoms with Crippen molar-refractivity contribution >= 4 is 17.5 Å². The van der Waals surface area contributed by atoms with Gasteiger partial charge < -0.3 is 15.5 Å². The number of anilines is 1. The second kappa shape index (κ2) is 7.53. The van der Waals surface area contributed by atoms with E-state index in [9.17, 15) is 9.59 Å². The van der Waals surface area contributed by atoms with E-state index in [2.05, 4.69) is 15.5 Å². The summed E-state index contributed by atoms with van der Waals surface area (Å²) in [6, 6.07) is 6.98. The number of nitrogens with zero attached hydrogens (tertiary/aromatic N) is 1. The summed E-state index contributed by atoms with van der Waals surface area (Å²) in [7, 11) is 3.99. The van der Waals surface area contributed by atoms with Crippen LogP contribution < -0.4 is 10.6 Å². The van der Waals surface area contributed by atoms with Crippen molar-refractivity contribution < 1.29 is 9.59 Å². The third kappa shape index (κ3) is 5.52. The van der Waals surface area contributed by atoms with Crippen LogP contribution in [-0.2, 0) is 4.79 Å². The first-order chi connectivity index (χ1) is 9.00. The van der Waals surface area contributed by atoms with Gasteiger partial charge in [0.1, 0.15) is 0 Å². The predicted octanol–water partition coefficient (Wildman–Crippen LogP) is 1.33. The van der Waals surface area contributed by atoms with E-state index < -0.39 is 0 Å². The summed E-state index contributed by atoms with van der Waals surface area (Å²) in [5.74, 6) is -0.351. The molecule has 0 unspecified atom stereocenters. The second-order valence-electron chi connectivity index (χ2n) is 4.64. The van der Waals surface area contributed by atoms with E-state index in [0.29, 0.717) is 17.8 Å². The number of hydrogen-bond acceptors (Lipinski definition) is 3. The molecule has 0 bridgehead atoms. The topological polar surface area (TPSA) is 61.4 Å². The molecule has 104 valence electrons. The van der Waals surface area contributed by atoms with E-state index in [1.54, 1.807) is 24.3 Å². The average Bonchev–Trinajstić information content (AvgIpc) is 2.34. The molecule has 2 amide bonds. The Bertz CT molecular complexity index is 444. The molecule has 1 aromatic rings. The molecule has 0 heterocycles. The fraction of sp³-hybridized carbons (Fsp3) is 0.429. The van der Waals surface area contributed by atoms with Crippen LogP contribution in [0, 0.1) is 0 Å². The number of para-hydroxylation sites is 1. The second-order valence-corrected chi connectivity index (χ2v) is 4.64. The van der Waals surface area contributed by atoms with E-state index in [-0.39, 0.29) is 11.8 Å². The van der Waals surface area contributed by atoms with Gasteiger partial charge in [0.2, 0.25) is 5.91 Å². The van der Waals surface area contributed by atoms with Crippen molar-refractivity contribution in [2.24, 2.45) is 0 Å². The first kappa shape index (κ1) is 15.2. The maximum absolute atomic E-state index is 12.0. The number of nitrogens with one attached hydrogen (secondary N) is 2. The molecule has 1 rings (SSSR count). The quantitative estimate of drug-likeness (QED) is 0.761. The Morgan fingerprint density at radius 1 is 1.21 bits per heavy atom. The van der Waals surface area contributed by atoms with Crippen molar-refractivity contribution in [3.63, 3.8) is 0 Å². The zero-order valence-corrected chi connectivity index (χ0v) is 11.7. The summed E-state index contributed by atoms with van der Waals surface area (Å²) >= 11 is 0. The normalized spacial score (nSPS) is 10.3. The van der Waals surface area contributed by atoms with E-state index in [1.807, 2.05) is 14.1 Å². The lowest BCUT2D eigenvalue weighted by Gasteiger charge is -2.12. The molecule has 0 atom stereocenters. The standard InChI is InChI=1S/C14H21N3O2/c1-11(18)16-13-8-5-4-7-12(13)14(19)15-9-6-10-17(2)3/h4-5,7-8H,6,9-10H2,1-3H3,(H,15,19)(H,16,18). The Balaban J connectivity index is 2.58. The Morgan fingerprint density at radius 2 is 1.89 bits per heavy atom. The van der Waals surface area contributed by atoms with Gasteiger partial charge in [-0.1, -0.05) is 12.1 Å². The van der Waals surface area contributed by atoms with Crippen LogP contribution in [0.3, 0.4) is 0 Å². The van der Waals surface area contributed by atoms with E-state index in [4.69, 9.17) is 0 Å². The molecule has 0 aliphatic carbocycles. The van der Waals surface area contributed by atoms with E-state index >= 15 is 0 Å². The molecular weight excluding hydrogens is 242 g/mol. The van der Waals surface area contributed by atoms with Crippen molar-refractivity contribution in [2.75, 3.05) is 32.5 Å². The van der Waals surface area contributed by atoms with E-state index in [1.165, 1.54) is 6.92 Å². The molecule has 0 radical (unpaired) electrons. The van der Waals surface area contributed by atoms with Crippen LogP contribution in [0.4, 0.5) is 5.69 Å². The summed E-state index contributed by atoms with van der Waals surface area (Å²) in [6.45, 7) is 2.96. The maximum Gasteiger partial charge on any atom is 0.253 e. The molecule has 19 heavy (non-hydrogen) atoms. The van der Waals surface area contributed by atoms with Crippen LogP contribution in [0.15, 0.2) is 24.3 Å². The number of carbonyl (C=O) groups is 2. The van der Waals surface area contributed by atoms with Crippen molar-refractivity contribution in [2.45, 2.75) is 13.3 Å². The zero-order valence-electron chi connectivity index (χ0n) is 11.7. The van der Waals surface area contributed by atoms with Gasteiger partial charge >= 0.3 is 0 Å². The average molecular weight is 263 g/mol. The predicted molar refractivity (Wildman–Crippen MR) is 76.2 cm³/mol.